The number of nitrogens with two attached hydrogens (primary N) is 1. The molecule has 0 radical (unpaired) electrons. The Morgan fingerprint density at radius 3 is 2.29 bits per heavy atom. The number of aryl methyl sites for hydroxylation is 1. The van der Waals surface area contributed by atoms with Crippen molar-refractivity contribution >= 4 is 11.3 Å². The monoisotopic (exact) mass is 250 g/mol. The second kappa shape index (κ2) is 4.20. The number of hydrogen-bond donors (Lipinski definition) is 1. The number of benzene rings is 1. The third kappa shape index (κ3) is 2.53. The van der Waals surface area contributed by atoms with E-state index < -0.39 is 5.54 Å². The predicted octanol–water partition coefficient (Wildman–Crippen LogP) is 3.45. The van der Waals surface area contributed by atoms with Crippen molar-refractivity contribution in [1.29, 1.82) is 0 Å². The van der Waals surface area contributed by atoms with Gasteiger partial charge in [-0.05, 0) is 45.0 Å². The number of hydrogen-bond acceptors (Lipinski definition) is 3. The van der Waals surface area contributed by atoms with Crippen molar-refractivity contribution < 1.29 is 4.39 Å². The Morgan fingerprint density at radius 1 is 1.24 bits per heavy atom. The maximum absolute atomic E-state index is 12.9. The van der Waals surface area contributed by atoms with Crippen LogP contribution in [0, 0.1) is 12.7 Å². The number of rotatable bonds is 2. The fraction of sp³-hybridized carbons (Fsp3) is 0.308. The molecule has 0 unspecified atom stereocenters. The highest BCUT2D eigenvalue weighted by atomic mass is 32.1. The van der Waals surface area contributed by atoms with Crippen molar-refractivity contribution in [1.82, 2.24) is 4.98 Å². The van der Waals surface area contributed by atoms with Gasteiger partial charge in [-0.25, -0.2) is 9.37 Å². The average Bonchev–Trinajstić information content (AvgIpc) is 2.61. The summed E-state index contributed by atoms with van der Waals surface area (Å²) in [6, 6.07) is 6.37. The van der Waals surface area contributed by atoms with Crippen LogP contribution in [0.1, 0.15) is 23.7 Å². The smallest absolute Gasteiger partial charge is 0.123 e. The van der Waals surface area contributed by atoms with Crippen molar-refractivity contribution in [3.63, 3.8) is 0 Å². The number of thiazole rings is 1. The summed E-state index contributed by atoms with van der Waals surface area (Å²) in [4.78, 5) is 5.65. The van der Waals surface area contributed by atoms with Crippen molar-refractivity contribution in [3.05, 3.63) is 40.0 Å². The van der Waals surface area contributed by atoms with Gasteiger partial charge in [-0.1, -0.05) is 0 Å². The van der Waals surface area contributed by atoms with E-state index in [-0.39, 0.29) is 5.82 Å². The molecule has 0 amide bonds. The Hall–Kier alpha value is -1.26. The first-order valence-corrected chi connectivity index (χ1v) is 6.22. The van der Waals surface area contributed by atoms with E-state index in [4.69, 9.17) is 5.73 Å². The van der Waals surface area contributed by atoms with Gasteiger partial charge in [0.25, 0.3) is 0 Å². The predicted molar refractivity (Wildman–Crippen MR) is 69.5 cm³/mol. The van der Waals surface area contributed by atoms with E-state index in [0.717, 1.165) is 21.1 Å². The summed E-state index contributed by atoms with van der Waals surface area (Å²) in [5.41, 5.74) is 7.41. The molecule has 1 aromatic carbocycles. The topological polar surface area (TPSA) is 38.9 Å². The Morgan fingerprint density at radius 2 is 1.82 bits per heavy atom. The minimum absolute atomic E-state index is 0.235. The lowest BCUT2D eigenvalue weighted by Crippen LogP contribution is -2.28. The molecule has 0 aliphatic heterocycles. The maximum Gasteiger partial charge on any atom is 0.123 e. The van der Waals surface area contributed by atoms with Crippen LogP contribution in [0.15, 0.2) is 24.3 Å². The van der Waals surface area contributed by atoms with E-state index in [1.54, 1.807) is 23.5 Å². The molecule has 4 heteroatoms. The summed E-state index contributed by atoms with van der Waals surface area (Å²) >= 11 is 1.59. The maximum atomic E-state index is 12.9. The Bertz CT molecular complexity index is 523. The van der Waals surface area contributed by atoms with E-state index in [1.807, 2.05) is 20.8 Å². The molecular weight excluding hydrogens is 235 g/mol. The van der Waals surface area contributed by atoms with Crippen LogP contribution in [0.3, 0.4) is 0 Å². The quantitative estimate of drug-likeness (QED) is 0.886. The van der Waals surface area contributed by atoms with Gasteiger partial charge in [0.2, 0.25) is 0 Å². The Balaban J connectivity index is 2.46. The van der Waals surface area contributed by atoms with Crippen LogP contribution in [0.25, 0.3) is 11.3 Å². The lowest BCUT2D eigenvalue weighted by Gasteiger charge is -2.13. The van der Waals surface area contributed by atoms with E-state index in [1.165, 1.54) is 12.1 Å². The summed E-state index contributed by atoms with van der Waals surface area (Å²) < 4.78 is 12.9. The molecule has 0 aliphatic rings. The third-order valence-corrected chi connectivity index (χ3v) is 3.78. The molecule has 0 saturated carbocycles. The highest BCUT2D eigenvalue weighted by Gasteiger charge is 2.21. The third-order valence-electron chi connectivity index (χ3n) is 2.47. The van der Waals surface area contributed by atoms with E-state index in [0.29, 0.717) is 0 Å². The van der Waals surface area contributed by atoms with Crippen LogP contribution >= 0.6 is 11.3 Å². The fourth-order valence-corrected chi connectivity index (χ4v) is 2.50. The van der Waals surface area contributed by atoms with Gasteiger partial charge in [0.1, 0.15) is 10.8 Å². The van der Waals surface area contributed by atoms with Crippen LogP contribution in [0.2, 0.25) is 0 Å². The number of aromatic nitrogens is 1. The van der Waals surface area contributed by atoms with Gasteiger partial charge in [0, 0.05) is 10.4 Å². The Labute approximate surface area is 104 Å². The molecule has 0 aliphatic carbocycles. The minimum Gasteiger partial charge on any atom is -0.320 e. The summed E-state index contributed by atoms with van der Waals surface area (Å²) in [6.45, 7) is 5.87. The lowest BCUT2D eigenvalue weighted by molar-refractivity contribution is 0.551. The summed E-state index contributed by atoms with van der Waals surface area (Å²) in [7, 11) is 0. The minimum atomic E-state index is -0.437. The van der Waals surface area contributed by atoms with Crippen molar-refractivity contribution in [3.8, 4) is 11.3 Å². The van der Waals surface area contributed by atoms with Crippen LogP contribution in [0.5, 0.6) is 0 Å². The van der Waals surface area contributed by atoms with Crippen molar-refractivity contribution in [2.75, 3.05) is 0 Å². The zero-order chi connectivity index (χ0) is 12.6. The lowest BCUT2D eigenvalue weighted by atomic mass is 10.1. The van der Waals surface area contributed by atoms with Gasteiger partial charge in [-0.2, -0.15) is 0 Å². The van der Waals surface area contributed by atoms with Crippen molar-refractivity contribution in [2.24, 2.45) is 5.73 Å². The second-order valence-electron chi connectivity index (χ2n) is 4.65. The standard InChI is InChI=1S/C13H15FN2S/c1-8-11(9-4-6-10(14)7-5-9)16-12(17-8)13(2,3)15/h4-7H,15H2,1-3H3. The van der Waals surface area contributed by atoms with Crippen molar-refractivity contribution in [2.45, 2.75) is 26.3 Å². The molecule has 17 heavy (non-hydrogen) atoms. The van der Waals surface area contributed by atoms with E-state index >= 15 is 0 Å². The van der Waals surface area contributed by atoms with Gasteiger partial charge in [-0.3, -0.25) is 0 Å². The average molecular weight is 250 g/mol. The summed E-state index contributed by atoms with van der Waals surface area (Å²) in [5, 5.41) is 0.898. The summed E-state index contributed by atoms with van der Waals surface area (Å²) in [6.07, 6.45) is 0. The molecule has 0 saturated heterocycles. The molecule has 0 atom stereocenters. The molecule has 0 bridgehead atoms. The largest absolute Gasteiger partial charge is 0.320 e. The molecular formula is C13H15FN2S. The van der Waals surface area contributed by atoms with E-state index in [2.05, 4.69) is 4.98 Å². The first-order valence-electron chi connectivity index (χ1n) is 5.40. The molecule has 2 rings (SSSR count). The van der Waals surface area contributed by atoms with Crippen LogP contribution in [0.4, 0.5) is 4.39 Å². The van der Waals surface area contributed by atoms with Crippen LogP contribution in [-0.4, -0.2) is 4.98 Å². The highest BCUT2D eigenvalue weighted by Crippen LogP contribution is 2.31. The Kier molecular flexibility index (Phi) is 3.02. The van der Waals surface area contributed by atoms with E-state index in [9.17, 15) is 4.39 Å². The first-order chi connectivity index (χ1) is 7.88. The van der Waals surface area contributed by atoms with Gasteiger partial charge in [0.05, 0.1) is 11.2 Å². The molecule has 1 aromatic heterocycles. The molecule has 2 nitrogen and oxygen atoms in total. The van der Waals surface area contributed by atoms with Gasteiger partial charge in [-0.15, -0.1) is 11.3 Å². The van der Waals surface area contributed by atoms with Crippen LogP contribution in [-0.2, 0) is 5.54 Å². The first kappa shape index (κ1) is 12.2. The molecule has 0 fully saturated rings. The normalized spacial score (nSPS) is 11.8. The zero-order valence-electron chi connectivity index (χ0n) is 10.1. The van der Waals surface area contributed by atoms with Crippen LogP contribution < -0.4 is 5.73 Å². The zero-order valence-corrected chi connectivity index (χ0v) is 10.9. The molecule has 2 N–H and O–H groups in total. The SMILES string of the molecule is Cc1sc(C(C)(C)N)nc1-c1ccc(F)cc1. The van der Waals surface area contributed by atoms with Gasteiger partial charge < -0.3 is 5.73 Å². The molecule has 1 heterocycles. The number of nitrogens with zero attached hydrogens (tertiary/aromatic N) is 1. The summed E-state index contributed by atoms with van der Waals surface area (Å²) in [5.74, 6) is -0.235. The molecule has 90 valence electrons. The van der Waals surface area contributed by atoms with Gasteiger partial charge >= 0.3 is 0 Å². The molecule has 0 spiro atoms. The van der Waals surface area contributed by atoms with Gasteiger partial charge in [0.15, 0.2) is 0 Å². The highest BCUT2D eigenvalue weighted by molar-refractivity contribution is 7.12. The number of halogens is 1. The fourth-order valence-electron chi connectivity index (χ4n) is 1.55. The second-order valence-corrected chi connectivity index (χ2v) is 5.86. The molecule has 2 aromatic rings.